The maximum atomic E-state index is 6.40. The van der Waals surface area contributed by atoms with Gasteiger partial charge in [0.05, 0.1) is 5.69 Å². The third kappa shape index (κ3) is 3.10. The molecule has 1 aromatic heterocycles. The molecule has 2 rings (SSSR count). The summed E-state index contributed by atoms with van der Waals surface area (Å²) in [4.78, 5) is 0. The van der Waals surface area contributed by atoms with Gasteiger partial charge in [-0.15, -0.1) is 0 Å². The zero-order chi connectivity index (χ0) is 14.7. The second-order valence-corrected chi connectivity index (χ2v) is 5.66. The van der Waals surface area contributed by atoms with Gasteiger partial charge >= 0.3 is 0 Å². The van der Waals surface area contributed by atoms with Gasteiger partial charge in [0.1, 0.15) is 0 Å². The standard InChI is InChI=1S/C17H25N3/c1-5-14(4)20-10-9-15(19-20)11-16(18)17-12(2)7-6-8-13(17)3/h6-10,14,16H,5,11,18H2,1-4H3. The average Bonchev–Trinajstić information content (AvgIpc) is 2.86. The van der Waals surface area contributed by atoms with Crippen LogP contribution in [0.3, 0.4) is 0 Å². The fourth-order valence-corrected chi connectivity index (χ4v) is 2.66. The fourth-order valence-electron chi connectivity index (χ4n) is 2.66. The van der Waals surface area contributed by atoms with Gasteiger partial charge in [-0.2, -0.15) is 5.10 Å². The van der Waals surface area contributed by atoms with Gasteiger partial charge in [0.15, 0.2) is 0 Å². The number of rotatable bonds is 5. The Bertz CT molecular complexity index is 551. The number of benzene rings is 1. The smallest absolute Gasteiger partial charge is 0.0643 e. The molecule has 0 saturated heterocycles. The van der Waals surface area contributed by atoms with Crippen LogP contribution in [0, 0.1) is 13.8 Å². The first-order chi connectivity index (χ1) is 9.52. The van der Waals surface area contributed by atoms with Gasteiger partial charge in [-0.25, -0.2) is 0 Å². The lowest BCUT2D eigenvalue weighted by Crippen LogP contribution is -2.16. The lowest BCUT2D eigenvalue weighted by molar-refractivity contribution is 0.472. The van der Waals surface area contributed by atoms with Crippen molar-refractivity contribution in [2.45, 2.75) is 52.6 Å². The summed E-state index contributed by atoms with van der Waals surface area (Å²) in [6, 6.07) is 8.87. The molecule has 20 heavy (non-hydrogen) atoms. The van der Waals surface area contributed by atoms with Crippen molar-refractivity contribution in [3.8, 4) is 0 Å². The molecule has 2 atom stereocenters. The molecular weight excluding hydrogens is 246 g/mol. The summed E-state index contributed by atoms with van der Waals surface area (Å²) in [5.41, 5.74) is 11.2. The highest BCUT2D eigenvalue weighted by molar-refractivity contribution is 5.36. The minimum Gasteiger partial charge on any atom is -0.324 e. The number of nitrogens with two attached hydrogens (primary N) is 1. The topological polar surface area (TPSA) is 43.8 Å². The molecule has 0 aliphatic carbocycles. The lowest BCUT2D eigenvalue weighted by Gasteiger charge is -2.16. The van der Waals surface area contributed by atoms with E-state index in [1.165, 1.54) is 16.7 Å². The maximum absolute atomic E-state index is 6.40. The number of aryl methyl sites for hydroxylation is 2. The molecule has 0 spiro atoms. The number of hydrogen-bond donors (Lipinski definition) is 1. The molecule has 2 N–H and O–H groups in total. The highest BCUT2D eigenvalue weighted by Gasteiger charge is 2.14. The summed E-state index contributed by atoms with van der Waals surface area (Å²) in [6.07, 6.45) is 3.93. The molecule has 108 valence electrons. The summed E-state index contributed by atoms with van der Waals surface area (Å²) < 4.78 is 2.03. The first-order valence-corrected chi connectivity index (χ1v) is 7.38. The predicted molar refractivity (Wildman–Crippen MR) is 83.8 cm³/mol. The van der Waals surface area contributed by atoms with Gasteiger partial charge in [0, 0.05) is 24.7 Å². The normalized spacial score (nSPS) is 14.2. The van der Waals surface area contributed by atoms with Crippen molar-refractivity contribution in [3.63, 3.8) is 0 Å². The Labute approximate surface area is 121 Å². The van der Waals surface area contributed by atoms with Gasteiger partial charge in [0.2, 0.25) is 0 Å². The van der Waals surface area contributed by atoms with Crippen LogP contribution < -0.4 is 5.73 Å². The summed E-state index contributed by atoms with van der Waals surface area (Å²) in [6.45, 7) is 8.61. The van der Waals surface area contributed by atoms with Crippen molar-refractivity contribution in [2.24, 2.45) is 5.73 Å². The van der Waals surface area contributed by atoms with E-state index >= 15 is 0 Å². The maximum Gasteiger partial charge on any atom is 0.0643 e. The van der Waals surface area contributed by atoms with E-state index in [1.54, 1.807) is 0 Å². The Kier molecular flexibility index (Phi) is 4.61. The van der Waals surface area contributed by atoms with E-state index in [-0.39, 0.29) is 6.04 Å². The minimum atomic E-state index is 0.0106. The predicted octanol–water partition coefficient (Wildman–Crippen LogP) is 3.71. The van der Waals surface area contributed by atoms with E-state index in [0.717, 1.165) is 18.5 Å². The van der Waals surface area contributed by atoms with Gasteiger partial charge in [-0.05, 0) is 49.9 Å². The Balaban J connectivity index is 2.15. The van der Waals surface area contributed by atoms with Crippen LogP contribution in [-0.2, 0) is 6.42 Å². The highest BCUT2D eigenvalue weighted by Crippen LogP contribution is 2.23. The molecule has 0 aliphatic heterocycles. The van der Waals surface area contributed by atoms with Crippen LogP contribution in [0.25, 0.3) is 0 Å². The van der Waals surface area contributed by atoms with Crippen LogP contribution in [-0.4, -0.2) is 9.78 Å². The molecule has 1 aromatic carbocycles. The van der Waals surface area contributed by atoms with E-state index in [1.807, 2.05) is 4.68 Å². The SMILES string of the molecule is CCC(C)n1ccc(CC(N)c2c(C)cccc2C)n1. The molecule has 3 heteroatoms. The molecule has 2 unspecified atom stereocenters. The largest absolute Gasteiger partial charge is 0.324 e. The quantitative estimate of drug-likeness (QED) is 0.900. The van der Waals surface area contributed by atoms with Crippen LogP contribution in [0.4, 0.5) is 0 Å². The zero-order valence-electron chi connectivity index (χ0n) is 12.9. The first-order valence-electron chi connectivity index (χ1n) is 7.38. The van der Waals surface area contributed by atoms with E-state index in [2.05, 4.69) is 63.3 Å². The Morgan fingerprint density at radius 2 is 1.85 bits per heavy atom. The van der Waals surface area contributed by atoms with E-state index in [0.29, 0.717) is 6.04 Å². The van der Waals surface area contributed by atoms with Gasteiger partial charge in [0.25, 0.3) is 0 Å². The van der Waals surface area contributed by atoms with Crippen LogP contribution in [0.1, 0.15) is 54.7 Å². The minimum absolute atomic E-state index is 0.0106. The van der Waals surface area contributed by atoms with Crippen LogP contribution in [0.2, 0.25) is 0 Å². The van der Waals surface area contributed by atoms with Crippen molar-refractivity contribution in [3.05, 3.63) is 52.8 Å². The molecule has 3 nitrogen and oxygen atoms in total. The van der Waals surface area contributed by atoms with Crippen molar-refractivity contribution in [2.75, 3.05) is 0 Å². The molecule has 0 aliphatic rings. The third-order valence-electron chi connectivity index (χ3n) is 4.05. The summed E-state index contributed by atoms with van der Waals surface area (Å²) in [5, 5.41) is 4.64. The van der Waals surface area contributed by atoms with Crippen molar-refractivity contribution in [1.29, 1.82) is 0 Å². The van der Waals surface area contributed by atoms with E-state index in [9.17, 15) is 0 Å². The second-order valence-electron chi connectivity index (χ2n) is 5.66. The van der Waals surface area contributed by atoms with E-state index < -0.39 is 0 Å². The highest BCUT2D eigenvalue weighted by atomic mass is 15.3. The van der Waals surface area contributed by atoms with Crippen molar-refractivity contribution < 1.29 is 0 Å². The van der Waals surface area contributed by atoms with Crippen molar-refractivity contribution in [1.82, 2.24) is 9.78 Å². The average molecular weight is 271 g/mol. The fraction of sp³-hybridized carbons (Fsp3) is 0.471. The van der Waals surface area contributed by atoms with Crippen LogP contribution in [0.15, 0.2) is 30.5 Å². The summed E-state index contributed by atoms with van der Waals surface area (Å²) in [5.74, 6) is 0. The molecule has 0 fully saturated rings. The number of aromatic nitrogens is 2. The number of hydrogen-bond acceptors (Lipinski definition) is 2. The van der Waals surface area contributed by atoms with Gasteiger partial charge in [-0.1, -0.05) is 25.1 Å². The molecular formula is C17H25N3. The molecule has 2 aromatic rings. The molecule has 0 amide bonds. The van der Waals surface area contributed by atoms with Crippen LogP contribution in [0.5, 0.6) is 0 Å². The van der Waals surface area contributed by atoms with Crippen molar-refractivity contribution >= 4 is 0 Å². The van der Waals surface area contributed by atoms with Gasteiger partial charge < -0.3 is 5.73 Å². The monoisotopic (exact) mass is 271 g/mol. The first kappa shape index (κ1) is 14.8. The molecule has 0 bridgehead atoms. The third-order valence-corrected chi connectivity index (χ3v) is 4.05. The lowest BCUT2D eigenvalue weighted by atomic mass is 9.94. The second kappa shape index (κ2) is 6.23. The molecule has 0 radical (unpaired) electrons. The Morgan fingerprint density at radius 3 is 2.45 bits per heavy atom. The molecule has 1 heterocycles. The number of nitrogens with zero attached hydrogens (tertiary/aromatic N) is 2. The van der Waals surface area contributed by atoms with Gasteiger partial charge in [-0.3, -0.25) is 4.68 Å². The Hall–Kier alpha value is -1.61. The summed E-state index contributed by atoms with van der Waals surface area (Å²) in [7, 11) is 0. The zero-order valence-corrected chi connectivity index (χ0v) is 12.9. The summed E-state index contributed by atoms with van der Waals surface area (Å²) >= 11 is 0. The molecule has 0 saturated carbocycles. The Morgan fingerprint density at radius 1 is 1.20 bits per heavy atom. The van der Waals surface area contributed by atoms with E-state index in [4.69, 9.17) is 5.73 Å². The van der Waals surface area contributed by atoms with Crippen LogP contribution >= 0.6 is 0 Å².